The standard InChI is InChI=1S/C29H37N3O4/c1-7-23(14-20(6)27(33)9-3)28-31-25-15-21(16-30-24(8-2)29(34)36-19(4)5)10-11-26(25)32(28)17-22-12-13-35-18-22/h3,7,10-11,14-15,19,22,24,30H,8,12-13,16-18H2,1-2,4-6H3/b20-14-,23-7+. The smallest absolute Gasteiger partial charge is 0.323 e. The fraction of sp³-hybridized carbons (Fsp3) is 0.483. The number of ether oxygens (including phenoxy) is 2. The summed E-state index contributed by atoms with van der Waals surface area (Å²) in [6.45, 7) is 12.1. The SMILES string of the molecule is C#CC(=O)/C(C)=C\C(=C/C)c1nc2cc(CNC(CC)C(=O)OC(C)C)ccc2n1CC1CCOC1. The molecule has 1 aromatic heterocycles. The molecule has 36 heavy (non-hydrogen) atoms. The van der Waals surface area contributed by atoms with Crippen LogP contribution in [0.15, 0.2) is 35.9 Å². The number of ketones is 1. The van der Waals surface area contributed by atoms with Gasteiger partial charge in [0, 0.05) is 36.8 Å². The zero-order chi connectivity index (χ0) is 26.2. The van der Waals surface area contributed by atoms with E-state index in [1.807, 2.05) is 39.8 Å². The van der Waals surface area contributed by atoms with Crippen LogP contribution in [-0.2, 0) is 32.2 Å². The normalized spacial score (nSPS) is 17.4. The van der Waals surface area contributed by atoms with Crippen molar-refractivity contribution >= 4 is 28.4 Å². The van der Waals surface area contributed by atoms with E-state index in [1.54, 1.807) is 13.0 Å². The lowest BCUT2D eigenvalue weighted by Gasteiger charge is -2.18. The lowest BCUT2D eigenvalue weighted by atomic mass is 10.1. The first-order valence-corrected chi connectivity index (χ1v) is 12.6. The molecule has 0 saturated carbocycles. The summed E-state index contributed by atoms with van der Waals surface area (Å²) in [5.74, 6) is 2.80. The quantitative estimate of drug-likeness (QED) is 0.164. The molecule has 7 nitrogen and oxygen atoms in total. The van der Waals surface area contributed by atoms with Crippen molar-refractivity contribution < 1.29 is 19.1 Å². The monoisotopic (exact) mass is 491 g/mol. The Morgan fingerprint density at radius 2 is 2.17 bits per heavy atom. The molecule has 0 aliphatic carbocycles. The van der Waals surface area contributed by atoms with Gasteiger partial charge in [-0.2, -0.15) is 0 Å². The number of aromatic nitrogens is 2. The summed E-state index contributed by atoms with van der Waals surface area (Å²) < 4.78 is 13.2. The number of hydrogen-bond donors (Lipinski definition) is 1. The Morgan fingerprint density at radius 3 is 2.78 bits per heavy atom. The Hall–Kier alpha value is -3.21. The van der Waals surface area contributed by atoms with Gasteiger partial charge in [0.25, 0.3) is 0 Å². The third-order valence-electron chi connectivity index (χ3n) is 6.31. The van der Waals surface area contributed by atoms with Crippen LogP contribution in [0.4, 0.5) is 0 Å². The summed E-state index contributed by atoms with van der Waals surface area (Å²) in [4.78, 5) is 29.3. The van der Waals surface area contributed by atoms with Gasteiger partial charge in [0.1, 0.15) is 11.9 Å². The van der Waals surface area contributed by atoms with Crippen molar-refractivity contribution in [2.75, 3.05) is 13.2 Å². The maximum absolute atomic E-state index is 12.3. The number of carbonyl (C=O) groups excluding carboxylic acids is 2. The Balaban J connectivity index is 1.94. The van der Waals surface area contributed by atoms with Crippen LogP contribution in [0.1, 0.15) is 58.8 Å². The number of esters is 1. The molecular weight excluding hydrogens is 454 g/mol. The lowest BCUT2D eigenvalue weighted by Crippen LogP contribution is -2.38. The predicted molar refractivity (Wildman–Crippen MR) is 142 cm³/mol. The molecule has 0 bridgehead atoms. The number of carbonyl (C=O) groups is 2. The average molecular weight is 492 g/mol. The molecule has 2 aromatic rings. The van der Waals surface area contributed by atoms with Crippen LogP contribution in [0.3, 0.4) is 0 Å². The first kappa shape index (κ1) is 27.4. The molecule has 192 valence electrons. The first-order valence-electron chi connectivity index (χ1n) is 12.6. The zero-order valence-electron chi connectivity index (χ0n) is 22.0. The second kappa shape index (κ2) is 12.7. The van der Waals surface area contributed by atoms with Gasteiger partial charge in [-0.1, -0.05) is 19.1 Å². The number of hydrogen-bond acceptors (Lipinski definition) is 6. The molecule has 1 N–H and O–H groups in total. The summed E-state index contributed by atoms with van der Waals surface area (Å²) >= 11 is 0. The van der Waals surface area contributed by atoms with E-state index >= 15 is 0 Å². The minimum absolute atomic E-state index is 0.146. The number of Topliss-reactive ketones (excluding diaryl/α,β-unsaturated/α-hetero) is 1. The highest BCUT2D eigenvalue weighted by molar-refractivity contribution is 6.09. The molecule has 0 spiro atoms. The van der Waals surface area contributed by atoms with Crippen LogP contribution >= 0.6 is 0 Å². The van der Waals surface area contributed by atoms with E-state index in [9.17, 15) is 9.59 Å². The van der Waals surface area contributed by atoms with Gasteiger partial charge in [0.2, 0.25) is 5.78 Å². The van der Waals surface area contributed by atoms with Crippen molar-refractivity contribution in [3.63, 3.8) is 0 Å². The molecule has 3 rings (SSSR count). The molecule has 7 heteroatoms. The third-order valence-corrected chi connectivity index (χ3v) is 6.31. The largest absolute Gasteiger partial charge is 0.462 e. The molecule has 1 aliphatic rings. The fourth-order valence-electron chi connectivity index (χ4n) is 4.32. The highest BCUT2D eigenvalue weighted by Gasteiger charge is 2.22. The van der Waals surface area contributed by atoms with Gasteiger partial charge in [-0.15, -0.1) is 6.42 Å². The zero-order valence-corrected chi connectivity index (χ0v) is 22.0. The van der Waals surface area contributed by atoms with E-state index in [2.05, 4.69) is 27.9 Å². The second-order valence-corrected chi connectivity index (χ2v) is 9.47. The van der Waals surface area contributed by atoms with Crippen molar-refractivity contribution in [3.05, 3.63) is 47.3 Å². The van der Waals surface area contributed by atoms with Crippen LogP contribution in [0, 0.1) is 18.3 Å². The second-order valence-electron chi connectivity index (χ2n) is 9.47. The number of benzene rings is 1. The molecule has 0 radical (unpaired) electrons. The van der Waals surface area contributed by atoms with E-state index < -0.39 is 0 Å². The topological polar surface area (TPSA) is 82.5 Å². The predicted octanol–water partition coefficient (Wildman–Crippen LogP) is 4.44. The van der Waals surface area contributed by atoms with E-state index in [0.29, 0.717) is 24.5 Å². The van der Waals surface area contributed by atoms with Gasteiger partial charge in [0.05, 0.1) is 23.7 Å². The highest BCUT2D eigenvalue weighted by Crippen LogP contribution is 2.27. The highest BCUT2D eigenvalue weighted by atomic mass is 16.5. The van der Waals surface area contributed by atoms with Crippen LogP contribution in [-0.4, -0.2) is 46.7 Å². The summed E-state index contributed by atoms with van der Waals surface area (Å²) in [5.41, 5.74) is 4.23. The Kier molecular flexibility index (Phi) is 9.63. The van der Waals surface area contributed by atoms with E-state index in [1.165, 1.54) is 0 Å². The van der Waals surface area contributed by atoms with Crippen molar-refractivity contribution in [1.82, 2.24) is 14.9 Å². The molecule has 1 aromatic carbocycles. The number of allylic oxidation sites excluding steroid dienone is 4. The molecule has 1 saturated heterocycles. The van der Waals surface area contributed by atoms with Gasteiger partial charge in [0.15, 0.2) is 0 Å². The Bertz CT molecular complexity index is 1190. The Morgan fingerprint density at radius 1 is 1.39 bits per heavy atom. The number of imidazole rings is 1. The van der Waals surface area contributed by atoms with Crippen LogP contribution in [0.5, 0.6) is 0 Å². The minimum Gasteiger partial charge on any atom is -0.462 e. The molecule has 1 aliphatic heterocycles. The van der Waals surface area contributed by atoms with Crippen molar-refractivity contribution in [3.8, 4) is 12.3 Å². The van der Waals surface area contributed by atoms with Crippen LogP contribution < -0.4 is 5.32 Å². The molecule has 2 unspecified atom stereocenters. The number of nitrogens with zero attached hydrogens (tertiary/aromatic N) is 2. The van der Waals surface area contributed by atoms with Gasteiger partial charge >= 0.3 is 5.97 Å². The van der Waals surface area contributed by atoms with Gasteiger partial charge < -0.3 is 19.4 Å². The summed E-state index contributed by atoms with van der Waals surface area (Å²) in [7, 11) is 0. The number of terminal acetylenes is 1. The van der Waals surface area contributed by atoms with Gasteiger partial charge in [-0.25, -0.2) is 4.98 Å². The fourth-order valence-corrected chi connectivity index (χ4v) is 4.32. The Labute approximate surface area is 213 Å². The van der Waals surface area contributed by atoms with E-state index in [0.717, 1.165) is 54.2 Å². The average Bonchev–Trinajstić information content (AvgIpc) is 3.50. The van der Waals surface area contributed by atoms with Gasteiger partial charge in [-0.05, 0) is 70.2 Å². The molecule has 0 amide bonds. The number of nitrogens with one attached hydrogen (secondary N) is 1. The summed E-state index contributed by atoms with van der Waals surface area (Å²) in [5, 5.41) is 3.31. The van der Waals surface area contributed by atoms with Crippen molar-refractivity contribution in [1.29, 1.82) is 0 Å². The maximum Gasteiger partial charge on any atom is 0.323 e. The summed E-state index contributed by atoms with van der Waals surface area (Å²) in [6, 6.07) is 5.81. The molecule has 1 fully saturated rings. The van der Waals surface area contributed by atoms with Crippen LogP contribution in [0.2, 0.25) is 0 Å². The van der Waals surface area contributed by atoms with Crippen molar-refractivity contribution in [2.24, 2.45) is 5.92 Å². The lowest BCUT2D eigenvalue weighted by molar-refractivity contribution is -0.150. The van der Waals surface area contributed by atoms with Gasteiger partial charge in [-0.3, -0.25) is 9.59 Å². The molecule has 2 heterocycles. The number of fused-ring (bicyclic) bond motifs is 1. The maximum atomic E-state index is 12.3. The molecule has 2 atom stereocenters. The molecular formula is C29H37N3O4. The minimum atomic E-state index is -0.366. The van der Waals surface area contributed by atoms with E-state index in [4.69, 9.17) is 20.9 Å². The third kappa shape index (κ3) is 6.71. The summed E-state index contributed by atoms with van der Waals surface area (Å²) in [6.07, 6.45) is 10.6. The van der Waals surface area contributed by atoms with Crippen LogP contribution in [0.25, 0.3) is 16.6 Å². The van der Waals surface area contributed by atoms with E-state index in [-0.39, 0.29) is 23.9 Å². The first-order chi connectivity index (χ1) is 17.3. The van der Waals surface area contributed by atoms with Crippen molar-refractivity contribution in [2.45, 2.75) is 72.7 Å². The number of rotatable bonds is 11.